The first kappa shape index (κ1) is 13.0. The van der Waals surface area contributed by atoms with Gasteiger partial charge in [-0.2, -0.15) is 0 Å². The van der Waals surface area contributed by atoms with Gasteiger partial charge in [-0.1, -0.05) is 34.1 Å². The Hall–Kier alpha value is -1.46. The van der Waals surface area contributed by atoms with Crippen LogP contribution in [0.2, 0.25) is 0 Å². The minimum absolute atomic E-state index is 0.0935. The lowest BCUT2D eigenvalue weighted by molar-refractivity contribution is 0.276. The normalized spacial score (nSPS) is 10.4. The van der Waals surface area contributed by atoms with E-state index in [0.29, 0.717) is 5.69 Å². The standard InChI is InChI=1S/C13H14BrN3O/c1-17(8-10-4-2-3-5-12(10)14)13-7-15-6-11(9-18)16-13/h2-7,18H,8-9H2,1H3. The van der Waals surface area contributed by atoms with Gasteiger partial charge < -0.3 is 10.0 Å². The molecule has 1 heterocycles. The summed E-state index contributed by atoms with van der Waals surface area (Å²) in [5.74, 6) is 0.748. The van der Waals surface area contributed by atoms with Crippen LogP contribution in [0.4, 0.5) is 5.82 Å². The van der Waals surface area contributed by atoms with E-state index in [4.69, 9.17) is 5.11 Å². The Morgan fingerprint density at radius 1 is 1.28 bits per heavy atom. The zero-order chi connectivity index (χ0) is 13.0. The van der Waals surface area contributed by atoms with Gasteiger partial charge in [0.05, 0.1) is 24.7 Å². The number of anilines is 1. The number of hydrogen-bond acceptors (Lipinski definition) is 4. The molecule has 2 rings (SSSR count). The predicted octanol–water partition coefficient (Wildman–Crippen LogP) is 2.37. The zero-order valence-electron chi connectivity index (χ0n) is 10.0. The van der Waals surface area contributed by atoms with Crippen molar-refractivity contribution >= 4 is 21.7 Å². The van der Waals surface area contributed by atoms with Crippen molar-refractivity contribution in [2.45, 2.75) is 13.2 Å². The van der Waals surface area contributed by atoms with Gasteiger partial charge in [-0.05, 0) is 11.6 Å². The Labute approximate surface area is 114 Å². The van der Waals surface area contributed by atoms with Crippen molar-refractivity contribution in [1.82, 2.24) is 9.97 Å². The van der Waals surface area contributed by atoms with E-state index >= 15 is 0 Å². The first-order valence-electron chi connectivity index (χ1n) is 5.57. The van der Waals surface area contributed by atoms with Gasteiger partial charge in [0.15, 0.2) is 0 Å². The van der Waals surface area contributed by atoms with Gasteiger partial charge in [-0.3, -0.25) is 4.98 Å². The van der Waals surface area contributed by atoms with Crippen LogP contribution in [0, 0.1) is 0 Å². The van der Waals surface area contributed by atoms with Crippen molar-refractivity contribution in [2.75, 3.05) is 11.9 Å². The minimum atomic E-state index is -0.0935. The third-order valence-electron chi connectivity index (χ3n) is 2.59. The molecular weight excluding hydrogens is 294 g/mol. The van der Waals surface area contributed by atoms with E-state index in [0.717, 1.165) is 16.8 Å². The average Bonchev–Trinajstić information content (AvgIpc) is 2.41. The van der Waals surface area contributed by atoms with Crippen LogP contribution in [0.3, 0.4) is 0 Å². The van der Waals surface area contributed by atoms with Gasteiger partial charge in [0.1, 0.15) is 5.82 Å². The maximum Gasteiger partial charge on any atom is 0.147 e. The lowest BCUT2D eigenvalue weighted by atomic mass is 10.2. The zero-order valence-corrected chi connectivity index (χ0v) is 11.6. The molecule has 0 aliphatic heterocycles. The predicted molar refractivity (Wildman–Crippen MR) is 74.2 cm³/mol. The van der Waals surface area contributed by atoms with Crippen LogP contribution in [0.25, 0.3) is 0 Å². The fraction of sp³-hybridized carbons (Fsp3) is 0.231. The molecule has 1 aromatic carbocycles. The van der Waals surface area contributed by atoms with Crippen LogP contribution in [0.5, 0.6) is 0 Å². The lowest BCUT2D eigenvalue weighted by Crippen LogP contribution is -2.18. The minimum Gasteiger partial charge on any atom is -0.390 e. The molecular formula is C13H14BrN3O. The van der Waals surface area contributed by atoms with E-state index in [1.807, 2.05) is 30.1 Å². The highest BCUT2D eigenvalue weighted by Gasteiger charge is 2.07. The van der Waals surface area contributed by atoms with Gasteiger partial charge in [-0.25, -0.2) is 4.98 Å². The first-order valence-corrected chi connectivity index (χ1v) is 6.36. The molecule has 0 amide bonds. The second-order valence-corrected chi connectivity index (χ2v) is 4.83. The summed E-state index contributed by atoms with van der Waals surface area (Å²) in [6, 6.07) is 8.06. The summed E-state index contributed by atoms with van der Waals surface area (Å²) in [7, 11) is 1.95. The van der Waals surface area contributed by atoms with Crippen molar-refractivity contribution < 1.29 is 5.11 Å². The number of aromatic nitrogens is 2. The number of rotatable bonds is 4. The molecule has 0 spiro atoms. The van der Waals surface area contributed by atoms with Gasteiger partial charge in [0.25, 0.3) is 0 Å². The molecule has 0 aliphatic rings. The Kier molecular flexibility index (Phi) is 4.28. The lowest BCUT2D eigenvalue weighted by Gasteiger charge is -2.19. The van der Waals surface area contributed by atoms with E-state index in [-0.39, 0.29) is 6.61 Å². The van der Waals surface area contributed by atoms with Crippen LogP contribution in [-0.4, -0.2) is 22.1 Å². The monoisotopic (exact) mass is 307 g/mol. The SMILES string of the molecule is CN(Cc1ccccc1Br)c1cncc(CO)n1. The average molecular weight is 308 g/mol. The molecule has 5 heteroatoms. The van der Waals surface area contributed by atoms with Crippen LogP contribution < -0.4 is 4.90 Å². The van der Waals surface area contributed by atoms with E-state index in [9.17, 15) is 0 Å². The maximum absolute atomic E-state index is 9.05. The molecule has 0 aliphatic carbocycles. The molecule has 0 radical (unpaired) electrons. The molecule has 1 N–H and O–H groups in total. The Morgan fingerprint density at radius 3 is 2.78 bits per heavy atom. The van der Waals surface area contributed by atoms with Gasteiger partial charge >= 0.3 is 0 Å². The van der Waals surface area contributed by atoms with Crippen molar-refractivity contribution in [2.24, 2.45) is 0 Å². The topological polar surface area (TPSA) is 49.2 Å². The highest BCUT2D eigenvalue weighted by atomic mass is 79.9. The Morgan fingerprint density at radius 2 is 2.06 bits per heavy atom. The van der Waals surface area contributed by atoms with Crippen LogP contribution in [0.15, 0.2) is 41.1 Å². The molecule has 0 fully saturated rings. The molecule has 94 valence electrons. The Balaban J connectivity index is 2.16. The Bertz CT molecular complexity index is 533. The van der Waals surface area contributed by atoms with Crippen molar-refractivity contribution in [3.05, 3.63) is 52.4 Å². The third kappa shape index (κ3) is 3.05. The number of aliphatic hydroxyl groups is 1. The molecule has 0 unspecified atom stereocenters. The largest absolute Gasteiger partial charge is 0.390 e. The highest BCUT2D eigenvalue weighted by Crippen LogP contribution is 2.19. The molecule has 0 saturated carbocycles. The molecule has 2 aromatic rings. The number of aliphatic hydroxyl groups excluding tert-OH is 1. The second kappa shape index (κ2) is 5.93. The summed E-state index contributed by atoms with van der Waals surface area (Å²) >= 11 is 3.52. The molecule has 18 heavy (non-hydrogen) atoms. The van der Waals surface area contributed by atoms with Gasteiger partial charge in [-0.15, -0.1) is 0 Å². The molecule has 0 atom stereocenters. The van der Waals surface area contributed by atoms with Crippen molar-refractivity contribution in [3.63, 3.8) is 0 Å². The highest BCUT2D eigenvalue weighted by molar-refractivity contribution is 9.10. The third-order valence-corrected chi connectivity index (χ3v) is 3.36. The number of halogens is 1. The molecule has 1 aromatic heterocycles. The quantitative estimate of drug-likeness (QED) is 0.942. The number of benzene rings is 1. The number of hydrogen-bond donors (Lipinski definition) is 1. The maximum atomic E-state index is 9.05. The molecule has 4 nitrogen and oxygen atoms in total. The van der Waals surface area contributed by atoms with Crippen LogP contribution in [0.1, 0.15) is 11.3 Å². The van der Waals surface area contributed by atoms with E-state index in [2.05, 4.69) is 32.0 Å². The summed E-state index contributed by atoms with van der Waals surface area (Å²) in [6.07, 6.45) is 3.26. The van der Waals surface area contributed by atoms with E-state index in [1.165, 1.54) is 5.56 Å². The van der Waals surface area contributed by atoms with Gasteiger partial charge in [0.2, 0.25) is 0 Å². The van der Waals surface area contributed by atoms with Crippen LogP contribution >= 0.6 is 15.9 Å². The summed E-state index contributed by atoms with van der Waals surface area (Å²) in [5, 5.41) is 9.05. The van der Waals surface area contributed by atoms with E-state index < -0.39 is 0 Å². The smallest absolute Gasteiger partial charge is 0.147 e. The van der Waals surface area contributed by atoms with Gasteiger partial charge in [0, 0.05) is 18.1 Å². The second-order valence-electron chi connectivity index (χ2n) is 3.97. The van der Waals surface area contributed by atoms with Crippen molar-refractivity contribution in [1.29, 1.82) is 0 Å². The molecule has 0 saturated heterocycles. The van der Waals surface area contributed by atoms with Crippen molar-refractivity contribution in [3.8, 4) is 0 Å². The molecule has 0 bridgehead atoms. The number of nitrogens with zero attached hydrogens (tertiary/aromatic N) is 3. The first-order chi connectivity index (χ1) is 8.70. The summed E-state index contributed by atoms with van der Waals surface area (Å²) in [4.78, 5) is 10.4. The fourth-order valence-electron chi connectivity index (χ4n) is 1.62. The summed E-state index contributed by atoms with van der Waals surface area (Å²) in [6.45, 7) is 0.634. The van der Waals surface area contributed by atoms with E-state index in [1.54, 1.807) is 12.4 Å². The van der Waals surface area contributed by atoms with Crippen LogP contribution in [-0.2, 0) is 13.2 Å². The summed E-state index contributed by atoms with van der Waals surface area (Å²) < 4.78 is 1.07. The summed E-state index contributed by atoms with van der Waals surface area (Å²) in [5.41, 5.74) is 1.75. The fourth-order valence-corrected chi connectivity index (χ4v) is 2.03.